The molecule has 0 saturated carbocycles. The number of carbonyl (C=O) groups excluding carboxylic acids is 1. The molecule has 0 spiro atoms. The minimum Gasteiger partial charge on any atom is -0.324 e. The first kappa shape index (κ1) is 15.4. The van der Waals surface area contributed by atoms with E-state index in [1.165, 1.54) is 12.1 Å². The van der Waals surface area contributed by atoms with Crippen molar-refractivity contribution in [1.82, 2.24) is 9.97 Å². The van der Waals surface area contributed by atoms with Gasteiger partial charge in [0.15, 0.2) is 0 Å². The van der Waals surface area contributed by atoms with E-state index >= 15 is 0 Å². The number of nitrogens with zero attached hydrogens (tertiary/aromatic N) is 1. The van der Waals surface area contributed by atoms with Crippen molar-refractivity contribution in [3.8, 4) is 0 Å². The van der Waals surface area contributed by atoms with Gasteiger partial charge in [-0.1, -0.05) is 12.1 Å². The second-order valence-corrected chi connectivity index (χ2v) is 5.69. The molecule has 23 heavy (non-hydrogen) atoms. The van der Waals surface area contributed by atoms with Crippen molar-refractivity contribution in [3.63, 3.8) is 0 Å². The number of H-pyrrole nitrogens is 1. The molecule has 2 aromatic carbocycles. The van der Waals surface area contributed by atoms with Crippen molar-refractivity contribution in [2.45, 2.75) is 11.1 Å². The van der Waals surface area contributed by atoms with Crippen LogP contribution < -0.4 is 5.32 Å². The van der Waals surface area contributed by atoms with Gasteiger partial charge >= 0.3 is 6.18 Å². The van der Waals surface area contributed by atoms with Gasteiger partial charge in [-0.05, 0) is 48.2 Å². The number of benzene rings is 2. The standard InChI is InChI=1S/C15H10F3N3OS/c16-15(17,18)9-5-7-10(8-6-9)23-14(22)21-13-19-11-3-1-2-4-12(11)20-13/h1-8H,(H2,19,20,21,22). The Morgan fingerprint density at radius 3 is 2.43 bits per heavy atom. The average Bonchev–Trinajstić information content (AvgIpc) is 2.88. The first-order valence-electron chi connectivity index (χ1n) is 6.53. The molecule has 8 heteroatoms. The predicted octanol–water partition coefficient (Wildman–Crippen LogP) is 4.91. The maximum Gasteiger partial charge on any atom is 0.416 e. The summed E-state index contributed by atoms with van der Waals surface area (Å²) in [4.78, 5) is 19.4. The van der Waals surface area contributed by atoms with E-state index in [1.807, 2.05) is 18.2 Å². The Hall–Kier alpha value is -2.48. The maximum atomic E-state index is 12.5. The number of aromatic nitrogens is 2. The van der Waals surface area contributed by atoms with Gasteiger partial charge < -0.3 is 4.98 Å². The van der Waals surface area contributed by atoms with Crippen LogP contribution in [0.1, 0.15) is 5.56 Å². The third-order valence-electron chi connectivity index (χ3n) is 3.00. The molecular formula is C15H10F3N3OS. The summed E-state index contributed by atoms with van der Waals surface area (Å²) in [7, 11) is 0. The van der Waals surface area contributed by atoms with Crippen LogP contribution in [0.2, 0.25) is 0 Å². The number of anilines is 1. The number of para-hydroxylation sites is 2. The highest BCUT2D eigenvalue weighted by Crippen LogP contribution is 2.31. The Morgan fingerprint density at radius 2 is 1.78 bits per heavy atom. The highest BCUT2D eigenvalue weighted by atomic mass is 32.2. The number of alkyl halides is 3. The number of amides is 1. The SMILES string of the molecule is O=C(Nc1nc2ccccc2[nH]1)Sc1ccc(C(F)(F)F)cc1. The van der Waals surface area contributed by atoms with Gasteiger partial charge in [0.1, 0.15) is 0 Å². The zero-order valence-corrected chi connectivity index (χ0v) is 12.3. The molecule has 0 aliphatic rings. The van der Waals surface area contributed by atoms with E-state index in [9.17, 15) is 18.0 Å². The summed E-state index contributed by atoms with van der Waals surface area (Å²) in [5.41, 5.74) is 0.740. The molecule has 0 fully saturated rings. The van der Waals surface area contributed by atoms with Gasteiger partial charge in [-0.2, -0.15) is 13.2 Å². The minimum absolute atomic E-state index is 0.288. The molecule has 0 saturated heterocycles. The fraction of sp³-hybridized carbons (Fsp3) is 0.0667. The molecule has 0 radical (unpaired) electrons. The van der Waals surface area contributed by atoms with Crippen LogP contribution >= 0.6 is 11.8 Å². The predicted molar refractivity (Wildman–Crippen MR) is 82.4 cm³/mol. The Balaban J connectivity index is 1.67. The lowest BCUT2D eigenvalue weighted by Gasteiger charge is -2.07. The number of halogens is 3. The third-order valence-corrected chi connectivity index (χ3v) is 3.80. The first-order valence-corrected chi connectivity index (χ1v) is 7.34. The van der Waals surface area contributed by atoms with Crippen molar-refractivity contribution in [2.75, 3.05) is 5.32 Å². The molecule has 4 nitrogen and oxygen atoms in total. The largest absolute Gasteiger partial charge is 0.416 e. The summed E-state index contributed by atoms with van der Waals surface area (Å²) in [6.07, 6.45) is -4.39. The molecule has 0 atom stereocenters. The van der Waals surface area contributed by atoms with Crippen molar-refractivity contribution in [3.05, 3.63) is 54.1 Å². The summed E-state index contributed by atoms with van der Waals surface area (Å²) in [5, 5.41) is 2.12. The van der Waals surface area contributed by atoms with E-state index in [2.05, 4.69) is 15.3 Å². The summed E-state index contributed by atoms with van der Waals surface area (Å²) >= 11 is 0.790. The number of nitrogens with one attached hydrogen (secondary N) is 2. The second-order valence-electron chi connectivity index (χ2n) is 4.64. The number of thioether (sulfide) groups is 1. The molecule has 3 aromatic rings. The van der Waals surface area contributed by atoms with Crippen molar-refractivity contribution in [1.29, 1.82) is 0 Å². The molecule has 118 valence electrons. The number of imidazole rings is 1. The Labute approximate surface area is 133 Å². The number of hydrogen-bond donors (Lipinski definition) is 2. The van der Waals surface area contributed by atoms with Crippen LogP contribution in [0.25, 0.3) is 11.0 Å². The second kappa shape index (κ2) is 5.96. The van der Waals surface area contributed by atoms with E-state index in [-0.39, 0.29) is 5.95 Å². The molecule has 0 aliphatic heterocycles. The van der Waals surface area contributed by atoms with Crippen molar-refractivity contribution in [2.24, 2.45) is 0 Å². The van der Waals surface area contributed by atoms with E-state index in [1.54, 1.807) is 6.07 Å². The quantitative estimate of drug-likeness (QED) is 0.654. The lowest BCUT2D eigenvalue weighted by atomic mass is 10.2. The highest BCUT2D eigenvalue weighted by Gasteiger charge is 2.30. The molecule has 3 rings (SSSR count). The van der Waals surface area contributed by atoms with E-state index in [0.717, 1.165) is 29.4 Å². The summed E-state index contributed by atoms with van der Waals surface area (Å²) in [5.74, 6) is 0.288. The van der Waals surface area contributed by atoms with Gasteiger partial charge in [0.05, 0.1) is 16.6 Å². The summed E-state index contributed by atoms with van der Waals surface area (Å²) in [6, 6.07) is 11.7. The monoisotopic (exact) mass is 337 g/mol. The Morgan fingerprint density at radius 1 is 1.09 bits per heavy atom. The van der Waals surface area contributed by atoms with Gasteiger partial charge in [0.25, 0.3) is 5.24 Å². The average molecular weight is 337 g/mol. The Kier molecular flexibility index (Phi) is 3.99. The molecular weight excluding hydrogens is 327 g/mol. The van der Waals surface area contributed by atoms with E-state index in [0.29, 0.717) is 10.4 Å². The van der Waals surface area contributed by atoms with Crippen LogP contribution in [0.3, 0.4) is 0 Å². The first-order chi connectivity index (χ1) is 10.9. The Bertz CT molecular complexity index is 810. The van der Waals surface area contributed by atoms with Gasteiger partial charge in [-0.25, -0.2) is 4.98 Å². The zero-order valence-electron chi connectivity index (χ0n) is 11.5. The fourth-order valence-electron chi connectivity index (χ4n) is 1.95. The third kappa shape index (κ3) is 3.65. The fourth-order valence-corrected chi connectivity index (χ4v) is 2.59. The number of rotatable bonds is 2. The molecule has 0 aliphatic carbocycles. The summed E-state index contributed by atoms with van der Waals surface area (Å²) in [6.45, 7) is 0. The topological polar surface area (TPSA) is 57.8 Å². The zero-order chi connectivity index (χ0) is 16.4. The number of hydrogen-bond acceptors (Lipinski definition) is 3. The molecule has 0 bridgehead atoms. The lowest BCUT2D eigenvalue weighted by Crippen LogP contribution is -2.06. The minimum atomic E-state index is -4.39. The van der Waals surface area contributed by atoms with E-state index in [4.69, 9.17) is 0 Å². The number of fused-ring (bicyclic) bond motifs is 1. The highest BCUT2D eigenvalue weighted by molar-refractivity contribution is 8.13. The van der Waals surface area contributed by atoms with Crippen LogP contribution in [-0.4, -0.2) is 15.2 Å². The molecule has 1 aromatic heterocycles. The number of aromatic amines is 1. The smallest absolute Gasteiger partial charge is 0.324 e. The van der Waals surface area contributed by atoms with Gasteiger partial charge in [0, 0.05) is 4.90 Å². The van der Waals surface area contributed by atoms with Crippen LogP contribution in [0.4, 0.5) is 23.9 Å². The molecule has 1 amide bonds. The van der Waals surface area contributed by atoms with Crippen LogP contribution in [-0.2, 0) is 6.18 Å². The van der Waals surface area contributed by atoms with Gasteiger partial charge in [0.2, 0.25) is 5.95 Å². The summed E-state index contributed by atoms with van der Waals surface area (Å²) < 4.78 is 37.4. The molecule has 0 unspecified atom stereocenters. The number of carbonyl (C=O) groups is 1. The molecule has 2 N–H and O–H groups in total. The van der Waals surface area contributed by atoms with Crippen molar-refractivity contribution >= 4 is 34.0 Å². The maximum absolute atomic E-state index is 12.5. The van der Waals surface area contributed by atoms with Gasteiger partial charge in [-0.15, -0.1) is 0 Å². The van der Waals surface area contributed by atoms with Crippen molar-refractivity contribution < 1.29 is 18.0 Å². The molecule has 1 heterocycles. The van der Waals surface area contributed by atoms with E-state index < -0.39 is 17.0 Å². The van der Waals surface area contributed by atoms with Crippen LogP contribution in [0.15, 0.2) is 53.4 Å². The van der Waals surface area contributed by atoms with Crippen LogP contribution in [0.5, 0.6) is 0 Å². The lowest BCUT2D eigenvalue weighted by molar-refractivity contribution is -0.137. The normalized spacial score (nSPS) is 11.6. The van der Waals surface area contributed by atoms with Crippen LogP contribution in [0, 0.1) is 0 Å². The van der Waals surface area contributed by atoms with Gasteiger partial charge in [-0.3, -0.25) is 10.1 Å².